The van der Waals surface area contributed by atoms with Crippen molar-refractivity contribution in [3.05, 3.63) is 62.1 Å². The van der Waals surface area contributed by atoms with Gasteiger partial charge >= 0.3 is 0 Å². The highest BCUT2D eigenvalue weighted by Gasteiger charge is 2.29. The van der Waals surface area contributed by atoms with Gasteiger partial charge in [0.2, 0.25) is 5.91 Å². The minimum absolute atomic E-state index is 0.162. The van der Waals surface area contributed by atoms with Gasteiger partial charge in [0, 0.05) is 28.2 Å². The van der Waals surface area contributed by atoms with Gasteiger partial charge in [-0.15, -0.1) is 0 Å². The molecule has 5 nitrogen and oxygen atoms in total. The van der Waals surface area contributed by atoms with Gasteiger partial charge in [-0.25, -0.2) is 0 Å². The predicted octanol–water partition coefficient (Wildman–Crippen LogP) is 5.98. The molecule has 1 unspecified atom stereocenters. The summed E-state index contributed by atoms with van der Waals surface area (Å²) in [5.41, 5.74) is 2.43. The molecule has 0 aromatic heterocycles. The van der Waals surface area contributed by atoms with Crippen LogP contribution in [0.5, 0.6) is 5.75 Å². The molecule has 174 valence electrons. The molecule has 0 saturated carbocycles. The molecule has 2 aromatic carbocycles. The van der Waals surface area contributed by atoms with Crippen molar-refractivity contribution >= 4 is 46.6 Å². The van der Waals surface area contributed by atoms with Crippen LogP contribution in [0.25, 0.3) is 0 Å². The van der Waals surface area contributed by atoms with Gasteiger partial charge in [0.25, 0.3) is 5.91 Å². The van der Waals surface area contributed by atoms with Crippen molar-refractivity contribution in [1.29, 1.82) is 0 Å². The number of carbonyl (C=O) groups excluding carboxylic acids is 2. The van der Waals surface area contributed by atoms with E-state index in [2.05, 4.69) is 5.32 Å². The fraction of sp³-hybridized carbons (Fsp3) is 0.417. The van der Waals surface area contributed by atoms with Gasteiger partial charge < -0.3 is 15.0 Å². The summed E-state index contributed by atoms with van der Waals surface area (Å²) in [4.78, 5) is 27.5. The van der Waals surface area contributed by atoms with Crippen LogP contribution in [0.15, 0.2) is 30.3 Å². The summed E-state index contributed by atoms with van der Waals surface area (Å²) in [6, 6.07) is 8.00. The highest BCUT2D eigenvalue weighted by Crippen LogP contribution is 2.27. The number of nitrogens with zero attached hydrogens (tertiary/aromatic N) is 1. The molecule has 2 amide bonds. The van der Waals surface area contributed by atoms with E-state index >= 15 is 0 Å². The van der Waals surface area contributed by atoms with E-state index in [4.69, 9.17) is 39.5 Å². The van der Waals surface area contributed by atoms with E-state index in [1.165, 1.54) is 4.90 Å². The quantitative estimate of drug-likeness (QED) is 0.438. The monoisotopic (exact) mass is 498 g/mol. The van der Waals surface area contributed by atoms with Crippen LogP contribution in [0.2, 0.25) is 15.1 Å². The molecule has 0 bridgehead atoms. The highest BCUT2D eigenvalue weighted by atomic mass is 35.5. The topological polar surface area (TPSA) is 58.6 Å². The van der Waals surface area contributed by atoms with Crippen molar-refractivity contribution < 1.29 is 14.3 Å². The molecule has 0 saturated heterocycles. The Balaban J connectivity index is 2.27. The highest BCUT2D eigenvalue weighted by molar-refractivity contribution is 6.35. The number of benzene rings is 2. The molecule has 0 spiro atoms. The van der Waals surface area contributed by atoms with E-state index in [0.29, 0.717) is 39.3 Å². The number of aryl methyl sites for hydroxylation is 2. The smallest absolute Gasteiger partial charge is 0.261 e. The molecule has 1 N–H and O–H groups in total. The molecule has 2 rings (SSSR count). The Morgan fingerprint density at radius 3 is 2.28 bits per heavy atom. The molecular formula is C24H29Cl3N2O3. The third kappa shape index (κ3) is 7.03. The molecule has 32 heavy (non-hydrogen) atoms. The lowest BCUT2D eigenvalue weighted by atomic mass is 10.1. The zero-order chi connectivity index (χ0) is 23.8. The molecular weight excluding hydrogens is 471 g/mol. The second-order valence-electron chi connectivity index (χ2n) is 7.63. The van der Waals surface area contributed by atoms with Crippen molar-refractivity contribution in [1.82, 2.24) is 10.2 Å². The van der Waals surface area contributed by atoms with E-state index in [1.807, 2.05) is 27.7 Å². The zero-order valence-corrected chi connectivity index (χ0v) is 21.1. The number of hydrogen-bond donors (Lipinski definition) is 1. The number of halogens is 3. The van der Waals surface area contributed by atoms with Gasteiger partial charge in [-0.05, 0) is 67.6 Å². The summed E-state index contributed by atoms with van der Waals surface area (Å²) < 4.78 is 5.77. The summed E-state index contributed by atoms with van der Waals surface area (Å²) in [5, 5.41) is 4.48. The van der Waals surface area contributed by atoms with Crippen LogP contribution in [-0.4, -0.2) is 35.9 Å². The Morgan fingerprint density at radius 2 is 1.72 bits per heavy atom. The lowest BCUT2D eigenvalue weighted by Crippen LogP contribution is -2.50. The predicted molar refractivity (Wildman–Crippen MR) is 131 cm³/mol. The van der Waals surface area contributed by atoms with Crippen LogP contribution in [0, 0.1) is 13.8 Å². The van der Waals surface area contributed by atoms with Gasteiger partial charge in [-0.2, -0.15) is 0 Å². The number of nitrogens with one attached hydrogen (secondary N) is 1. The fourth-order valence-corrected chi connectivity index (χ4v) is 3.91. The second-order valence-corrected chi connectivity index (χ2v) is 8.85. The van der Waals surface area contributed by atoms with Crippen molar-refractivity contribution in [3.63, 3.8) is 0 Å². The molecule has 0 fully saturated rings. The maximum absolute atomic E-state index is 13.2. The van der Waals surface area contributed by atoms with E-state index in [0.717, 1.165) is 17.5 Å². The van der Waals surface area contributed by atoms with E-state index < -0.39 is 6.04 Å². The lowest BCUT2D eigenvalue weighted by Gasteiger charge is -2.31. The van der Waals surface area contributed by atoms with Crippen molar-refractivity contribution in [2.24, 2.45) is 0 Å². The molecule has 1 atom stereocenters. The summed E-state index contributed by atoms with van der Waals surface area (Å²) in [7, 11) is 0. The van der Waals surface area contributed by atoms with Crippen LogP contribution >= 0.6 is 34.8 Å². The van der Waals surface area contributed by atoms with Crippen molar-refractivity contribution in [2.45, 2.75) is 53.1 Å². The average molecular weight is 500 g/mol. The molecule has 0 aliphatic heterocycles. The lowest BCUT2D eigenvalue weighted by molar-refractivity contribution is -0.143. The maximum Gasteiger partial charge on any atom is 0.261 e. The van der Waals surface area contributed by atoms with Gasteiger partial charge in [0.15, 0.2) is 6.61 Å². The zero-order valence-electron chi connectivity index (χ0n) is 18.8. The molecule has 8 heteroatoms. The molecule has 0 radical (unpaired) electrons. The third-order valence-electron chi connectivity index (χ3n) is 5.06. The standard InChI is InChI=1S/C24H29Cl3N2O3/c1-5-9-28-24(31)21(6-2)29(13-17-7-8-18(25)12-20(17)26)22(30)14-32-19-10-15(3)23(27)16(4)11-19/h7-8,10-12,21H,5-6,9,13-14H2,1-4H3,(H,28,31). The van der Waals surface area contributed by atoms with Gasteiger partial charge in [-0.1, -0.05) is 54.7 Å². The van der Waals surface area contributed by atoms with Crippen LogP contribution in [0.4, 0.5) is 0 Å². The number of amides is 2. The summed E-state index contributed by atoms with van der Waals surface area (Å²) in [6.07, 6.45) is 1.25. The maximum atomic E-state index is 13.2. The van der Waals surface area contributed by atoms with Gasteiger partial charge in [0.1, 0.15) is 11.8 Å². The van der Waals surface area contributed by atoms with Crippen LogP contribution in [-0.2, 0) is 16.1 Å². The molecule has 0 aliphatic rings. The van der Waals surface area contributed by atoms with Crippen LogP contribution in [0.3, 0.4) is 0 Å². The first-order valence-corrected chi connectivity index (χ1v) is 11.7. The number of rotatable bonds is 10. The Bertz CT molecular complexity index is 942. The van der Waals surface area contributed by atoms with Gasteiger partial charge in [0.05, 0.1) is 0 Å². The van der Waals surface area contributed by atoms with Crippen LogP contribution in [0.1, 0.15) is 43.4 Å². The van der Waals surface area contributed by atoms with Crippen molar-refractivity contribution in [3.8, 4) is 5.75 Å². The Kier molecular flexibility index (Phi) is 10.1. The first-order valence-electron chi connectivity index (χ1n) is 10.6. The SMILES string of the molecule is CCCNC(=O)C(CC)N(Cc1ccc(Cl)cc1Cl)C(=O)COc1cc(C)c(Cl)c(C)c1. The van der Waals surface area contributed by atoms with E-state index in [-0.39, 0.29) is 25.0 Å². The third-order valence-corrected chi connectivity index (χ3v) is 6.25. The summed E-state index contributed by atoms with van der Waals surface area (Å²) >= 11 is 18.6. The summed E-state index contributed by atoms with van der Waals surface area (Å²) in [5.74, 6) is 0.0245. The van der Waals surface area contributed by atoms with E-state index in [1.54, 1.807) is 30.3 Å². The van der Waals surface area contributed by atoms with Crippen molar-refractivity contribution in [2.75, 3.05) is 13.2 Å². The van der Waals surface area contributed by atoms with Crippen LogP contribution < -0.4 is 10.1 Å². The average Bonchev–Trinajstić information content (AvgIpc) is 2.75. The minimum Gasteiger partial charge on any atom is -0.484 e. The first-order chi connectivity index (χ1) is 15.2. The molecule has 0 heterocycles. The van der Waals surface area contributed by atoms with Gasteiger partial charge in [-0.3, -0.25) is 9.59 Å². The second kappa shape index (κ2) is 12.3. The largest absolute Gasteiger partial charge is 0.484 e. The fourth-order valence-electron chi connectivity index (χ4n) is 3.34. The first kappa shape index (κ1) is 26.3. The number of ether oxygens (including phenoxy) is 1. The Hall–Kier alpha value is -1.95. The molecule has 0 aliphatic carbocycles. The number of hydrogen-bond acceptors (Lipinski definition) is 3. The number of carbonyl (C=O) groups is 2. The Labute approximate surface area is 205 Å². The Morgan fingerprint density at radius 1 is 1.06 bits per heavy atom. The normalized spacial score (nSPS) is 11.7. The van der Waals surface area contributed by atoms with E-state index in [9.17, 15) is 9.59 Å². The minimum atomic E-state index is -0.655. The summed E-state index contributed by atoms with van der Waals surface area (Å²) in [6.45, 7) is 8.08. The molecule has 2 aromatic rings.